The summed E-state index contributed by atoms with van der Waals surface area (Å²) < 4.78 is 40.8. The van der Waals surface area contributed by atoms with Crippen LogP contribution in [0.4, 0.5) is 23.7 Å². The van der Waals surface area contributed by atoms with Gasteiger partial charge in [0.2, 0.25) is 0 Å². The molecule has 10 heteroatoms. The Labute approximate surface area is 185 Å². The van der Waals surface area contributed by atoms with E-state index in [9.17, 15) is 22.8 Å². The van der Waals surface area contributed by atoms with Gasteiger partial charge in [-0.2, -0.15) is 18.3 Å². The van der Waals surface area contributed by atoms with Crippen molar-refractivity contribution in [1.29, 1.82) is 0 Å². The molecule has 0 aliphatic carbocycles. The molecule has 2 N–H and O–H groups in total. The lowest BCUT2D eigenvalue weighted by Crippen LogP contribution is -2.31. The molecule has 4 aromatic rings. The molecule has 2 aromatic carbocycles. The SMILES string of the molecule is O=C(NCc1nn(Cc2cccnc2)c(=O)c2ccccc12)Nc1ccccc1C(F)(F)F. The van der Waals surface area contributed by atoms with Crippen LogP contribution in [-0.4, -0.2) is 20.8 Å². The van der Waals surface area contributed by atoms with Crippen LogP contribution in [0, 0.1) is 0 Å². The van der Waals surface area contributed by atoms with Crippen molar-refractivity contribution in [2.75, 3.05) is 5.32 Å². The number of alkyl halides is 3. The van der Waals surface area contributed by atoms with E-state index in [1.54, 1.807) is 48.8 Å². The molecule has 0 fully saturated rings. The number of hydrogen-bond donors (Lipinski definition) is 2. The van der Waals surface area contributed by atoms with Crippen LogP contribution in [0.2, 0.25) is 0 Å². The number of halogens is 3. The lowest BCUT2D eigenvalue weighted by molar-refractivity contribution is -0.136. The number of carbonyl (C=O) groups excluding carboxylic acids is 1. The molecule has 4 rings (SSSR count). The number of aromatic nitrogens is 3. The van der Waals surface area contributed by atoms with Gasteiger partial charge in [0.05, 0.1) is 35.4 Å². The first-order chi connectivity index (χ1) is 15.8. The van der Waals surface area contributed by atoms with Crippen molar-refractivity contribution in [3.05, 3.63) is 100 Å². The van der Waals surface area contributed by atoms with Crippen molar-refractivity contribution in [2.45, 2.75) is 19.3 Å². The number of rotatable bonds is 5. The quantitative estimate of drug-likeness (QED) is 0.475. The number of anilines is 1. The number of hydrogen-bond acceptors (Lipinski definition) is 4. The topological polar surface area (TPSA) is 88.9 Å². The van der Waals surface area contributed by atoms with E-state index in [-0.39, 0.29) is 24.3 Å². The Morgan fingerprint density at radius 2 is 1.70 bits per heavy atom. The van der Waals surface area contributed by atoms with Crippen LogP contribution in [0.1, 0.15) is 16.8 Å². The second-order valence-electron chi connectivity index (χ2n) is 7.17. The molecule has 2 aromatic heterocycles. The van der Waals surface area contributed by atoms with Gasteiger partial charge in [0.1, 0.15) is 0 Å². The summed E-state index contributed by atoms with van der Waals surface area (Å²) in [6.07, 6.45) is -1.37. The third-order valence-corrected chi connectivity index (χ3v) is 4.90. The standard InChI is InChI=1S/C23H18F3N5O2/c24-23(25,26)18-9-3-4-10-19(18)29-22(33)28-13-20-16-7-1-2-8-17(16)21(32)31(30-20)14-15-6-5-11-27-12-15/h1-12H,13-14H2,(H2,28,29,33). The van der Waals surface area contributed by atoms with E-state index in [4.69, 9.17) is 0 Å². The molecule has 0 spiro atoms. The summed E-state index contributed by atoms with van der Waals surface area (Å²) >= 11 is 0. The summed E-state index contributed by atoms with van der Waals surface area (Å²) in [5.74, 6) is 0. The molecule has 0 aliphatic rings. The monoisotopic (exact) mass is 453 g/mol. The first kappa shape index (κ1) is 22.0. The minimum atomic E-state index is -4.61. The fourth-order valence-corrected chi connectivity index (χ4v) is 3.38. The van der Waals surface area contributed by atoms with Crippen molar-refractivity contribution < 1.29 is 18.0 Å². The average molecular weight is 453 g/mol. The van der Waals surface area contributed by atoms with Crippen molar-refractivity contribution in [3.8, 4) is 0 Å². The Hall–Kier alpha value is -4.21. The van der Waals surface area contributed by atoms with Crippen molar-refractivity contribution in [1.82, 2.24) is 20.1 Å². The maximum absolute atomic E-state index is 13.2. The first-order valence-electron chi connectivity index (χ1n) is 9.91. The molecule has 0 saturated heterocycles. The maximum atomic E-state index is 13.2. The van der Waals surface area contributed by atoms with Gasteiger partial charge in [0.25, 0.3) is 5.56 Å². The lowest BCUT2D eigenvalue weighted by Gasteiger charge is -2.15. The molecule has 0 bridgehead atoms. The second kappa shape index (κ2) is 9.11. The first-order valence-corrected chi connectivity index (χ1v) is 9.91. The zero-order valence-corrected chi connectivity index (χ0v) is 17.1. The van der Waals surface area contributed by atoms with Gasteiger partial charge in [-0.15, -0.1) is 0 Å². The number of benzene rings is 2. The van der Waals surface area contributed by atoms with Crippen LogP contribution in [0.15, 0.2) is 77.9 Å². The van der Waals surface area contributed by atoms with Gasteiger partial charge >= 0.3 is 12.2 Å². The summed E-state index contributed by atoms with van der Waals surface area (Å²) in [5, 5.41) is 10.1. The summed E-state index contributed by atoms with van der Waals surface area (Å²) in [6.45, 7) is 0.0729. The predicted molar refractivity (Wildman–Crippen MR) is 117 cm³/mol. The Balaban J connectivity index is 1.58. The van der Waals surface area contributed by atoms with E-state index in [2.05, 4.69) is 20.7 Å². The fourth-order valence-electron chi connectivity index (χ4n) is 3.38. The predicted octanol–water partition coefficient (Wildman–Crippen LogP) is 4.18. The van der Waals surface area contributed by atoms with Gasteiger partial charge in [-0.25, -0.2) is 9.48 Å². The molecule has 168 valence electrons. The van der Waals surface area contributed by atoms with Crippen molar-refractivity contribution >= 4 is 22.5 Å². The Morgan fingerprint density at radius 3 is 2.42 bits per heavy atom. The number of nitrogens with one attached hydrogen (secondary N) is 2. The molecule has 0 unspecified atom stereocenters. The van der Waals surface area contributed by atoms with Crippen molar-refractivity contribution in [2.24, 2.45) is 0 Å². The normalized spacial score (nSPS) is 11.4. The van der Waals surface area contributed by atoms with E-state index in [1.165, 1.54) is 22.9 Å². The van der Waals surface area contributed by atoms with Gasteiger partial charge in [-0.3, -0.25) is 9.78 Å². The van der Waals surface area contributed by atoms with E-state index >= 15 is 0 Å². The zero-order chi connectivity index (χ0) is 23.4. The highest BCUT2D eigenvalue weighted by Crippen LogP contribution is 2.34. The molecule has 0 atom stereocenters. The third-order valence-electron chi connectivity index (χ3n) is 4.90. The number of nitrogens with zero attached hydrogens (tertiary/aromatic N) is 3. The molecule has 0 aliphatic heterocycles. The second-order valence-corrected chi connectivity index (χ2v) is 7.17. The van der Waals surface area contributed by atoms with Crippen LogP contribution >= 0.6 is 0 Å². The Bertz CT molecular complexity index is 1350. The molecule has 7 nitrogen and oxygen atoms in total. The summed E-state index contributed by atoms with van der Waals surface area (Å²) in [5.41, 5.74) is -0.450. The molecular formula is C23H18F3N5O2. The van der Waals surface area contributed by atoms with Gasteiger partial charge < -0.3 is 10.6 Å². The van der Waals surface area contributed by atoms with Gasteiger partial charge in [-0.1, -0.05) is 36.4 Å². The van der Waals surface area contributed by atoms with E-state index < -0.39 is 17.8 Å². The highest BCUT2D eigenvalue weighted by molar-refractivity contribution is 5.90. The summed E-state index contributed by atoms with van der Waals surface area (Å²) in [6, 6.07) is 14.2. The molecular weight excluding hydrogens is 435 g/mol. The Morgan fingerprint density at radius 1 is 0.970 bits per heavy atom. The van der Waals surface area contributed by atoms with Crippen LogP contribution < -0.4 is 16.2 Å². The van der Waals surface area contributed by atoms with Crippen LogP contribution in [0.5, 0.6) is 0 Å². The highest BCUT2D eigenvalue weighted by Gasteiger charge is 2.33. The number of urea groups is 1. The number of pyridine rings is 1. The van der Waals surface area contributed by atoms with Gasteiger partial charge in [0.15, 0.2) is 0 Å². The maximum Gasteiger partial charge on any atom is 0.418 e. The highest BCUT2D eigenvalue weighted by atomic mass is 19.4. The smallest absolute Gasteiger partial charge is 0.332 e. The molecule has 33 heavy (non-hydrogen) atoms. The Kier molecular flexibility index (Phi) is 6.07. The number of carbonyl (C=O) groups is 1. The van der Waals surface area contributed by atoms with Crippen LogP contribution in [-0.2, 0) is 19.3 Å². The summed E-state index contributed by atoms with van der Waals surface area (Å²) in [4.78, 5) is 29.2. The largest absolute Gasteiger partial charge is 0.418 e. The molecule has 0 radical (unpaired) electrons. The minimum Gasteiger partial charge on any atom is -0.332 e. The van der Waals surface area contributed by atoms with Crippen LogP contribution in [0.25, 0.3) is 10.8 Å². The van der Waals surface area contributed by atoms with E-state index in [0.29, 0.717) is 16.5 Å². The number of fused-ring (bicyclic) bond motifs is 1. The average Bonchev–Trinajstić information content (AvgIpc) is 2.80. The van der Waals surface area contributed by atoms with Gasteiger partial charge in [-0.05, 0) is 29.8 Å². The van der Waals surface area contributed by atoms with E-state index in [1.807, 2.05) is 0 Å². The zero-order valence-electron chi connectivity index (χ0n) is 17.1. The number of para-hydroxylation sites is 1. The van der Waals surface area contributed by atoms with Gasteiger partial charge in [0, 0.05) is 17.8 Å². The third kappa shape index (κ3) is 5.00. The fraction of sp³-hybridized carbons (Fsp3) is 0.130. The van der Waals surface area contributed by atoms with Crippen molar-refractivity contribution in [3.63, 3.8) is 0 Å². The molecule has 0 saturated carbocycles. The number of amides is 2. The van der Waals surface area contributed by atoms with Crippen LogP contribution in [0.3, 0.4) is 0 Å². The van der Waals surface area contributed by atoms with E-state index in [0.717, 1.165) is 11.6 Å². The lowest BCUT2D eigenvalue weighted by atomic mass is 10.1. The molecule has 2 heterocycles. The minimum absolute atomic E-state index is 0.103. The summed E-state index contributed by atoms with van der Waals surface area (Å²) in [7, 11) is 0. The molecule has 2 amide bonds.